The average Bonchev–Trinajstić information content (AvgIpc) is 3.64. The van der Waals surface area contributed by atoms with Crippen LogP contribution in [0.15, 0.2) is 151 Å². The van der Waals surface area contributed by atoms with E-state index in [1.807, 2.05) is 0 Å². The van der Waals surface area contributed by atoms with E-state index in [0.717, 1.165) is 0 Å². The number of benzene rings is 7. The molecule has 0 fully saturated rings. The number of para-hydroxylation sites is 2. The van der Waals surface area contributed by atoms with Crippen LogP contribution in [0, 0.1) is 0 Å². The number of aromatic nitrogens is 2. The van der Waals surface area contributed by atoms with Crippen molar-refractivity contribution in [1.82, 2.24) is 9.55 Å². The summed E-state index contributed by atoms with van der Waals surface area (Å²) in [5, 5.41) is -0.570. The molecular weight excluding hydrogens is 520 g/mol. The van der Waals surface area contributed by atoms with Crippen LogP contribution in [0.25, 0.3) is 71.6 Å². The second-order valence-corrected chi connectivity index (χ2v) is 9.77. The van der Waals surface area contributed by atoms with Crippen molar-refractivity contribution in [3.05, 3.63) is 157 Å². The molecule has 0 N–H and O–H groups in total. The molecule has 0 aliphatic carbocycles. The van der Waals surface area contributed by atoms with Crippen LogP contribution in [0.1, 0.15) is 37.3 Å². The minimum absolute atomic E-state index is 0.0267. The summed E-state index contributed by atoms with van der Waals surface area (Å²) in [6.45, 7) is -3.15. The summed E-state index contributed by atoms with van der Waals surface area (Å²) in [6.07, 6.45) is -2.97. The van der Waals surface area contributed by atoms with Crippen molar-refractivity contribution in [3.8, 4) is 39.1 Å². The van der Waals surface area contributed by atoms with Gasteiger partial charge in [-0.05, 0) is 85.3 Å². The van der Waals surface area contributed by atoms with E-state index in [-0.39, 0.29) is 66.1 Å². The number of hydrogen-bond acceptors (Lipinski definition) is 1. The molecule has 2 nitrogen and oxygen atoms in total. The van der Waals surface area contributed by atoms with Gasteiger partial charge in [0.2, 0.25) is 0 Å². The first-order valence-electron chi connectivity index (χ1n) is 22.3. The lowest BCUT2D eigenvalue weighted by Crippen LogP contribution is -2.00. The minimum Gasteiger partial charge on any atom is -0.296 e. The number of hydrogen-bond donors (Lipinski definition) is 0. The monoisotopic (exact) mass is 568 g/mol. The first-order chi connectivity index (χ1) is 28.6. The summed E-state index contributed by atoms with van der Waals surface area (Å²) in [5.41, 5.74) is 1.04. The highest BCUT2D eigenvalue weighted by Gasteiger charge is 2.18. The Hall–Kier alpha value is -5.47. The molecule has 0 radical (unpaired) electrons. The molecule has 43 heavy (non-hydrogen) atoms. The van der Waals surface area contributed by atoms with E-state index < -0.39 is 97.6 Å². The Balaban J connectivity index is 1.55. The summed E-state index contributed by atoms with van der Waals surface area (Å²) in [6, 6.07) is 11.1. The topological polar surface area (TPSA) is 17.8 Å². The first-order valence-corrected chi connectivity index (χ1v) is 13.3. The number of aryl methyl sites for hydroxylation is 1. The second-order valence-electron chi connectivity index (χ2n) is 9.77. The maximum Gasteiger partial charge on any atom is 0.114 e. The van der Waals surface area contributed by atoms with Gasteiger partial charge < -0.3 is 0 Å². The predicted molar refractivity (Wildman–Crippen MR) is 182 cm³/mol. The third-order valence-corrected chi connectivity index (χ3v) is 7.38. The van der Waals surface area contributed by atoms with Crippen molar-refractivity contribution in [1.29, 1.82) is 0 Å². The Bertz CT molecular complexity index is 3100. The van der Waals surface area contributed by atoms with E-state index in [1.165, 1.54) is 34.9 Å². The summed E-state index contributed by atoms with van der Waals surface area (Å²) in [5.74, 6) is -0.446. The molecule has 204 valence electrons. The van der Waals surface area contributed by atoms with Crippen LogP contribution < -0.4 is 0 Å². The van der Waals surface area contributed by atoms with Gasteiger partial charge in [-0.25, -0.2) is 4.98 Å². The molecule has 0 saturated heterocycles. The fourth-order valence-electron chi connectivity index (χ4n) is 5.60. The molecule has 8 rings (SSSR count). The summed E-state index contributed by atoms with van der Waals surface area (Å²) in [7, 11) is 0. The molecule has 0 unspecified atom stereocenters. The van der Waals surface area contributed by atoms with Gasteiger partial charge >= 0.3 is 0 Å². The highest BCUT2D eigenvalue weighted by atomic mass is 15.1. The van der Waals surface area contributed by atoms with Gasteiger partial charge in [0.05, 0.1) is 28.9 Å². The van der Waals surface area contributed by atoms with Crippen LogP contribution in [0.3, 0.4) is 0 Å². The second kappa shape index (κ2) is 10.4. The Labute approximate surface area is 276 Å². The van der Waals surface area contributed by atoms with Crippen LogP contribution in [-0.2, 0) is 6.37 Å². The molecule has 0 aliphatic heterocycles. The SMILES string of the molecule is [2H]c1c([2H])c([2H])c(-c2cccc(-c3c4c([2H])c([2H])c([2H])c([2H])c4c(-c4cccc(-n5c(C([2H])([2H])C([2H])([2H])[2H])nc6ccccc65)c4)c4c([2H])c([2H])c([2H])c([2H])c34)c2)c([2H])c1[2H]. The van der Waals surface area contributed by atoms with Crippen LogP contribution >= 0.6 is 0 Å². The van der Waals surface area contributed by atoms with Crippen molar-refractivity contribution in [2.45, 2.75) is 13.2 Å². The lowest BCUT2D eigenvalue weighted by atomic mass is 9.85. The molecule has 0 atom stereocenters. The van der Waals surface area contributed by atoms with E-state index in [1.54, 1.807) is 42.5 Å². The Morgan fingerprint density at radius 3 is 1.86 bits per heavy atom. The van der Waals surface area contributed by atoms with Crippen molar-refractivity contribution in [2.24, 2.45) is 0 Å². The van der Waals surface area contributed by atoms with E-state index in [2.05, 4.69) is 4.98 Å². The molecule has 7 aromatic carbocycles. The summed E-state index contributed by atoms with van der Waals surface area (Å²) in [4.78, 5) is 4.40. The van der Waals surface area contributed by atoms with Crippen LogP contribution in [0.2, 0.25) is 0 Å². The number of nitrogens with zero attached hydrogens (tertiary/aromatic N) is 2. The van der Waals surface area contributed by atoms with Gasteiger partial charge in [0, 0.05) is 18.9 Å². The number of imidazole rings is 1. The molecule has 0 bridgehead atoms. The van der Waals surface area contributed by atoms with Crippen molar-refractivity contribution in [3.63, 3.8) is 0 Å². The molecule has 1 heterocycles. The molecule has 8 aromatic rings. The maximum absolute atomic E-state index is 9.34. The smallest absolute Gasteiger partial charge is 0.114 e. The van der Waals surface area contributed by atoms with Crippen molar-refractivity contribution >= 4 is 32.6 Å². The van der Waals surface area contributed by atoms with Crippen molar-refractivity contribution < 1.29 is 24.7 Å². The average molecular weight is 569 g/mol. The van der Waals surface area contributed by atoms with Gasteiger partial charge in [-0.2, -0.15) is 0 Å². The molecule has 2 heteroatoms. The fourth-order valence-corrected chi connectivity index (χ4v) is 5.60. The standard InChI is InChI=1S/C41H30N2/c1-2-39-42-37-24-10-11-25-38(37)43(39)32-19-13-18-31(27-32)41-35-22-8-6-20-33(35)40(34-21-7-9-23-36(34)41)30-17-12-16-29(26-30)28-14-4-3-5-15-28/h3-27H,2H2,1H3/i1D3,2D2,3D,4D,5D,6D,7D,8D,9D,14D,15D,20D,21D,22D,23D. The summed E-state index contributed by atoms with van der Waals surface area (Å²) >= 11 is 0. The fraction of sp³-hybridized carbons (Fsp3) is 0.0488. The molecule has 0 spiro atoms. The highest BCUT2D eigenvalue weighted by Crippen LogP contribution is 2.44. The quantitative estimate of drug-likeness (QED) is 0.189. The van der Waals surface area contributed by atoms with E-state index in [9.17, 15) is 5.48 Å². The molecule has 0 saturated carbocycles. The lowest BCUT2D eigenvalue weighted by molar-refractivity contribution is 0.908. The first kappa shape index (κ1) is 12.8. The number of fused-ring (bicyclic) bond motifs is 3. The highest BCUT2D eigenvalue weighted by molar-refractivity contribution is 6.21. The van der Waals surface area contributed by atoms with Gasteiger partial charge in [0.25, 0.3) is 0 Å². The van der Waals surface area contributed by atoms with E-state index in [0.29, 0.717) is 5.52 Å². The van der Waals surface area contributed by atoms with Crippen LogP contribution in [0.5, 0.6) is 0 Å². The zero-order chi connectivity index (χ0) is 44.4. The normalized spacial score (nSPS) is 18.0. The van der Waals surface area contributed by atoms with Gasteiger partial charge in [0.1, 0.15) is 5.82 Å². The maximum atomic E-state index is 9.34. The molecule has 1 aromatic heterocycles. The third kappa shape index (κ3) is 4.23. The van der Waals surface area contributed by atoms with Gasteiger partial charge in [-0.3, -0.25) is 4.57 Å². The van der Waals surface area contributed by atoms with Crippen LogP contribution in [-0.4, -0.2) is 9.55 Å². The molecule has 0 aliphatic rings. The molecular formula is C41H30N2. The Morgan fingerprint density at radius 2 is 1.19 bits per heavy atom. The van der Waals surface area contributed by atoms with Crippen LogP contribution in [0.4, 0.5) is 0 Å². The Morgan fingerprint density at radius 1 is 0.605 bits per heavy atom. The van der Waals surface area contributed by atoms with Gasteiger partial charge in [0.15, 0.2) is 0 Å². The van der Waals surface area contributed by atoms with Crippen molar-refractivity contribution in [2.75, 3.05) is 0 Å². The van der Waals surface area contributed by atoms with E-state index >= 15 is 0 Å². The minimum atomic E-state index is -3.15. The lowest BCUT2D eigenvalue weighted by Gasteiger charge is -2.19. The summed E-state index contributed by atoms with van der Waals surface area (Å²) < 4.78 is 157. The van der Waals surface area contributed by atoms with E-state index in [4.69, 9.17) is 19.2 Å². The Kier molecular flexibility index (Phi) is 3.10. The third-order valence-electron chi connectivity index (χ3n) is 7.38. The largest absolute Gasteiger partial charge is 0.296 e. The van der Waals surface area contributed by atoms with Gasteiger partial charge in [-0.1, -0.05) is 128 Å². The zero-order valence-electron chi connectivity index (χ0n) is 40.3. The molecule has 0 amide bonds. The predicted octanol–water partition coefficient (Wildman–Crippen LogP) is 10.9. The van der Waals surface area contributed by atoms with Gasteiger partial charge in [-0.15, -0.1) is 0 Å². The zero-order valence-corrected chi connectivity index (χ0v) is 22.3. The number of rotatable bonds is 5.